The molecule has 2 aliphatic rings. The molecule has 2 aromatic carbocycles. The molecule has 66 heavy (non-hydrogen) atoms. The summed E-state index contributed by atoms with van der Waals surface area (Å²) in [4.78, 5) is 22.6. The van der Waals surface area contributed by atoms with E-state index in [-0.39, 0.29) is 46.6 Å². The molecule has 2 aliphatic heterocycles. The van der Waals surface area contributed by atoms with E-state index >= 15 is 0 Å². The summed E-state index contributed by atoms with van der Waals surface area (Å²) in [5, 5.41) is 8.71. The number of ether oxygens (including phenoxy) is 2. The SMILES string of the molecule is Cc1ccc(S(=O)(=O)NCC2COCCN2C)cc1-c1cnc(N)c(-c2cn(C)nc2C)n1.Cc1ccc(S(=O)(=O)NCC2COCCN2C)cc1-c1cnc(N)c(-c2cn(C)nc2C)n1. The molecule has 2 fully saturated rings. The minimum absolute atomic E-state index is 0.00770. The highest BCUT2D eigenvalue weighted by molar-refractivity contribution is 7.89. The van der Waals surface area contributed by atoms with Gasteiger partial charge in [-0.2, -0.15) is 10.2 Å². The summed E-state index contributed by atoms with van der Waals surface area (Å²) < 4.78 is 71.9. The highest BCUT2D eigenvalue weighted by Gasteiger charge is 2.26. The molecule has 8 rings (SSSR count). The molecule has 0 amide bonds. The Morgan fingerprint density at radius 1 is 0.621 bits per heavy atom. The average molecular weight is 943 g/mol. The normalized spacial score (nSPS) is 17.4. The quantitative estimate of drug-likeness (QED) is 0.138. The van der Waals surface area contributed by atoms with Gasteiger partial charge in [0.05, 0.1) is 71.4 Å². The maximum Gasteiger partial charge on any atom is 0.240 e. The first-order valence-corrected chi connectivity index (χ1v) is 24.3. The number of hydrogen-bond acceptors (Lipinski definition) is 16. The Morgan fingerprint density at radius 2 is 1.02 bits per heavy atom. The van der Waals surface area contributed by atoms with Crippen LogP contribution in [0, 0.1) is 27.7 Å². The number of aromatic nitrogens is 8. The van der Waals surface area contributed by atoms with Gasteiger partial charge in [0.1, 0.15) is 23.0 Å². The second-order valence-electron chi connectivity index (χ2n) is 16.7. The molecular weight excluding hydrogens is 885 g/mol. The lowest BCUT2D eigenvalue weighted by atomic mass is 10.1. The first kappa shape index (κ1) is 48.2. The van der Waals surface area contributed by atoms with E-state index in [2.05, 4.69) is 39.4 Å². The first-order valence-electron chi connectivity index (χ1n) is 21.3. The summed E-state index contributed by atoms with van der Waals surface area (Å²) in [6.45, 7) is 12.0. The van der Waals surface area contributed by atoms with Crippen LogP contribution in [0.4, 0.5) is 11.6 Å². The molecule has 0 saturated carbocycles. The van der Waals surface area contributed by atoms with Gasteiger partial charge in [-0.3, -0.25) is 19.2 Å². The third kappa shape index (κ3) is 10.9. The minimum Gasteiger partial charge on any atom is -0.382 e. The number of nitrogen functional groups attached to an aromatic ring is 2. The van der Waals surface area contributed by atoms with E-state index in [1.165, 1.54) is 0 Å². The molecule has 0 spiro atoms. The van der Waals surface area contributed by atoms with Gasteiger partial charge in [-0.25, -0.2) is 46.2 Å². The summed E-state index contributed by atoms with van der Waals surface area (Å²) in [5.41, 5.74) is 20.6. The number of anilines is 2. The summed E-state index contributed by atoms with van der Waals surface area (Å²) in [6.07, 6.45) is 6.79. The van der Waals surface area contributed by atoms with Crippen molar-refractivity contribution in [2.24, 2.45) is 14.1 Å². The van der Waals surface area contributed by atoms with Gasteiger partial charge in [0.25, 0.3) is 0 Å². The second-order valence-corrected chi connectivity index (χ2v) is 20.2. The van der Waals surface area contributed by atoms with Crippen LogP contribution in [0.2, 0.25) is 0 Å². The smallest absolute Gasteiger partial charge is 0.240 e. The molecule has 4 aromatic heterocycles. The van der Waals surface area contributed by atoms with Crippen LogP contribution in [-0.2, 0) is 43.6 Å². The first-order chi connectivity index (χ1) is 31.3. The molecule has 0 aliphatic carbocycles. The molecular formula is C44H58N14O6S2. The Kier molecular flexibility index (Phi) is 14.6. The lowest BCUT2D eigenvalue weighted by Crippen LogP contribution is -2.49. The van der Waals surface area contributed by atoms with Gasteiger partial charge in [0.2, 0.25) is 20.0 Å². The number of morpholine rings is 2. The topological polar surface area (TPSA) is 257 Å². The predicted octanol–water partition coefficient (Wildman–Crippen LogP) is 2.70. The van der Waals surface area contributed by atoms with Crippen molar-refractivity contribution >= 4 is 31.7 Å². The molecule has 20 nitrogen and oxygen atoms in total. The van der Waals surface area contributed by atoms with E-state index in [4.69, 9.17) is 30.9 Å². The van der Waals surface area contributed by atoms with Gasteiger partial charge in [0, 0.05) is 87.0 Å². The van der Waals surface area contributed by atoms with E-state index in [9.17, 15) is 16.8 Å². The Hall–Kier alpha value is -5.72. The van der Waals surface area contributed by atoms with E-state index < -0.39 is 20.0 Å². The second kappa shape index (κ2) is 20.0. The van der Waals surface area contributed by atoms with Gasteiger partial charge < -0.3 is 20.9 Å². The summed E-state index contributed by atoms with van der Waals surface area (Å²) >= 11 is 0. The largest absolute Gasteiger partial charge is 0.382 e. The Labute approximate surface area is 385 Å². The molecule has 6 heterocycles. The van der Waals surface area contributed by atoms with Crippen LogP contribution < -0.4 is 20.9 Å². The molecule has 0 bridgehead atoms. The third-order valence-corrected chi connectivity index (χ3v) is 14.6. The van der Waals surface area contributed by atoms with Crippen LogP contribution in [0.5, 0.6) is 0 Å². The van der Waals surface area contributed by atoms with Crippen molar-refractivity contribution in [3.63, 3.8) is 0 Å². The molecule has 352 valence electrons. The van der Waals surface area contributed by atoms with E-state index in [1.54, 1.807) is 58.2 Å². The predicted molar refractivity (Wildman–Crippen MR) is 252 cm³/mol. The molecule has 2 atom stereocenters. The van der Waals surface area contributed by atoms with Crippen molar-refractivity contribution in [3.8, 4) is 45.0 Å². The van der Waals surface area contributed by atoms with Crippen LogP contribution in [0.25, 0.3) is 45.0 Å². The molecule has 2 saturated heterocycles. The molecule has 6 aromatic rings. The number of aryl methyl sites for hydroxylation is 6. The standard InChI is InChI=1S/2C22H29N7O3S/c2*1-14-5-6-17(33(30,31)25-10-16-13-32-8-7-28(16)3)9-18(14)20-11-24-22(23)21(26-20)19-12-29(4)27-15(19)2/h2*5-6,9,11-12,16,25H,7-8,10,13H2,1-4H3,(H2,23,24). The maximum absolute atomic E-state index is 13.0. The summed E-state index contributed by atoms with van der Waals surface area (Å²) in [6, 6.07) is 9.97. The maximum atomic E-state index is 13.0. The minimum atomic E-state index is -3.72. The summed E-state index contributed by atoms with van der Waals surface area (Å²) in [5.74, 6) is 0.577. The van der Waals surface area contributed by atoms with Crippen molar-refractivity contribution in [1.29, 1.82) is 0 Å². The number of benzene rings is 2. The zero-order valence-electron chi connectivity index (χ0n) is 38.5. The highest BCUT2D eigenvalue weighted by atomic mass is 32.2. The number of rotatable bonds is 12. The zero-order valence-corrected chi connectivity index (χ0v) is 40.1. The van der Waals surface area contributed by atoms with Crippen molar-refractivity contribution in [3.05, 3.63) is 83.7 Å². The van der Waals surface area contributed by atoms with Crippen molar-refractivity contribution in [2.75, 3.05) is 78.2 Å². The van der Waals surface area contributed by atoms with Crippen LogP contribution in [0.1, 0.15) is 22.5 Å². The van der Waals surface area contributed by atoms with Crippen molar-refractivity contribution in [2.45, 2.75) is 49.6 Å². The monoisotopic (exact) mass is 942 g/mol. The fourth-order valence-corrected chi connectivity index (χ4v) is 9.89. The Balaban J connectivity index is 0.000000196. The van der Waals surface area contributed by atoms with E-state index in [1.807, 2.05) is 68.3 Å². The number of nitrogens with zero attached hydrogens (tertiary/aromatic N) is 10. The molecule has 0 radical (unpaired) electrons. The van der Waals surface area contributed by atoms with Gasteiger partial charge in [-0.05, 0) is 77.2 Å². The Morgan fingerprint density at radius 3 is 1.36 bits per heavy atom. The Bertz CT molecular complexity index is 2740. The van der Waals surface area contributed by atoms with Crippen LogP contribution in [0.3, 0.4) is 0 Å². The molecule has 2 unspecified atom stereocenters. The lowest BCUT2D eigenvalue weighted by Gasteiger charge is -2.32. The number of nitrogens with one attached hydrogen (secondary N) is 2. The van der Waals surface area contributed by atoms with Gasteiger partial charge in [0.15, 0.2) is 0 Å². The number of likely N-dealkylation sites (N-methyl/N-ethyl adjacent to an activating group) is 2. The third-order valence-electron chi connectivity index (χ3n) is 11.8. The van der Waals surface area contributed by atoms with Crippen LogP contribution in [-0.4, -0.2) is 145 Å². The van der Waals surface area contributed by atoms with Gasteiger partial charge in [-0.15, -0.1) is 0 Å². The number of nitrogens with two attached hydrogens (primary N) is 2. The van der Waals surface area contributed by atoms with Crippen molar-refractivity contribution in [1.82, 2.24) is 58.7 Å². The van der Waals surface area contributed by atoms with Crippen LogP contribution >= 0.6 is 0 Å². The highest BCUT2D eigenvalue weighted by Crippen LogP contribution is 2.32. The van der Waals surface area contributed by atoms with Gasteiger partial charge >= 0.3 is 0 Å². The molecule has 6 N–H and O–H groups in total. The van der Waals surface area contributed by atoms with Crippen molar-refractivity contribution < 1.29 is 26.3 Å². The molecule has 22 heteroatoms. The van der Waals surface area contributed by atoms with E-state index in [0.29, 0.717) is 60.3 Å². The summed E-state index contributed by atoms with van der Waals surface area (Å²) in [7, 11) is 0.137. The lowest BCUT2D eigenvalue weighted by molar-refractivity contribution is 0.00819. The average Bonchev–Trinajstić information content (AvgIpc) is 3.81. The fraction of sp³-hybridized carbons (Fsp3) is 0.409. The zero-order chi connectivity index (χ0) is 47.5. The van der Waals surface area contributed by atoms with E-state index in [0.717, 1.165) is 46.7 Å². The number of hydrogen-bond donors (Lipinski definition) is 4. The number of sulfonamides is 2. The van der Waals surface area contributed by atoms with Gasteiger partial charge in [-0.1, -0.05) is 12.1 Å². The van der Waals surface area contributed by atoms with Crippen LogP contribution in [0.15, 0.2) is 71.0 Å². The fourth-order valence-electron chi connectivity index (χ4n) is 7.69.